The van der Waals surface area contributed by atoms with Gasteiger partial charge in [0.1, 0.15) is 5.82 Å². The maximum atomic E-state index is 13.4. The zero-order valence-electron chi connectivity index (χ0n) is 17.3. The molecule has 0 atom stereocenters. The Morgan fingerprint density at radius 1 is 1.07 bits per heavy atom. The number of carbonyl (C=O) groups excluding carboxylic acids is 1. The number of benzene rings is 2. The van der Waals surface area contributed by atoms with E-state index in [4.69, 9.17) is 9.47 Å². The topological polar surface area (TPSA) is 65.4 Å². The monoisotopic (exact) mass is 409 g/mol. The van der Waals surface area contributed by atoms with E-state index in [2.05, 4.69) is 10.4 Å². The van der Waals surface area contributed by atoms with Crippen LogP contribution in [0, 0.1) is 12.7 Å². The molecule has 0 spiro atoms. The number of anilines is 1. The predicted molar refractivity (Wildman–Crippen MR) is 112 cm³/mol. The van der Waals surface area contributed by atoms with Crippen molar-refractivity contribution >= 4 is 11.6 Å². The molecule has 0 fully saturated rings. The molecule has 0 saturated carbocycles. The van der Waals surface area contributed by atoms with Crippen molar-refractivity contribution in [1.29, 1.82) is 0 Å². The zero-order chi connectivity index (χ0) is 21.3. The first-order chi connectivity index (χ1) is 14.5. The van der Waals surface area contributed by atoms with Crippen LogP contribution in [0.1, 0.15) is 40.2 Å². The minimum Gasteiger partial charge on any atom is -0.493 e. The fraction of sp³-hybridized carbons (Fsp3) is 0.304. The van der Waals surface area contributed by atoms with Crippen LogP contribution in [0.3, 0.4) is 0 Å². The van der Waals surface area contributed by atoms with Crippen molar-refractivity contribution in [1.82, 2.24) is 9.78 Å². The van der Waals surface area contributed by atoms with Gasteiger partial charge in [-0.25, -0.2) is 9.07 Å². The van der Waals surface area contributed by atoms with Gasteiger partial charge in [0.15, 0.2) is 17.2 Å². The molecular formula is C23H24FN3O3. The van der Waals surface area contributed by atoms with Gasteiger partial charge in [0, 0.05) is 23.0 Å². The van der Waals surface area contributed by atoms with Crippen LogP contribution in [-0.2, 0) is 12.8 Å². The van der Waals surface area contributed by atoms with Crippen LogP contribution in [0.4, 0.5) is 10.1 Å². The number of carbonyl (C=O) groups is 1. The van der Waals surface area contributed by atoms with Gasteiger partial charge >= 0.3 is 0 Å². The van der Waals surface area contributed by atoms with E-state index in [1.165, 1.54) is 12.1 Å². The smallest absolute Gasteiger partial charge is 0.276 e. The Morgan fingerprint density at radius 3 is 2.43 bits per heavy atom. The first kappa shape index (κ1) is 19.9. The van der Waals surface area contributed by atoms with Gasteiger partial charge in [-0.1, -0.05) is 0 Å². The fourth-order valence-electron chi connectivity index (χ4n) is 3.87. The minimum atomic E-state index is -0.304. The average molecular weight is 409 g/mol. The largest absolute Gasteiger partial charge is 0.493 e. The summed E-state index contributed by atoms with van der Waals surface area (Å²) in [4.78, 5) is 13.2. The molecule has 0 unspecified atom stereocenters. The lowest BCUT2D eigenvalue weighted by atomic mass is 9.95. The molecule has 0 bridgehead atoms. The molecule has 1 aliphatic rings. The van der Waals surface area contributed by atoms with Crippen LogP contribution >= 0.6 is 0 Å². The number of hydrogen-bond acceptors (Lipinski definition) is 4. The Kier molecular flexibility index (Phi) is 5.44. The highest BCUT2D eigenvalue weighted by molar-refractivity contribution is 6.04. The van der Waals surface area contributed by atoms with Gasteiger partial charge in [-0.15, -0.1) is 0 Å². The zero-order valence-corrected chi connectivity index (χ0v) is 17.3. The maximum Gasteiger partial charge on any atom is 0.276 e. The van der Waals surface area contributed by atoms with E-state index in [1.807, 2.05) is 13.0 Å². The summed E-state index contributed by atoms with van der Waals surface area (Å²) in [5.41, 5.74) is 4.62. The van der Waals surface area contributed by atoms with Crippen LogP contribution in [0.15, 0.2) is 36.4 Å². The number of nitrogens with zero attached hydrogens (tertiary/aromatic N) is 2. The van der Waals surface area contributed by atoms with Gasteiger partial charge in [-0.2, -0.15) is 5.10 Å². The van der Waals surface area contributed by atoms with Crippen molar-refractivity contribution < 1.29 is 18.7 Å². The second kappa shape index (κ2) is 8.18. The van der Waals surface area contributed by atoms with Crippen LogP contribution in [0.25, 0.3) is 5.69 Å². The molecule has 2 aromatic carbocycles. The minimum absolute atomic E-state index is 0.274. The third-order valence-corrected chi connectivity index (χ3v) is 5.45. The summed E-state index contributed by atoms with van der Waals surface area (Å²) in [6, 6.07) is 9.73. The van der Waals surface area contributed by atoms with Crippen molar-refractivity contribution in [2.75, 3.05) is 19.5 Å². The number of aryl methyl sites for hydroxylation is 1. The third kappa shape index (κ3) is 3.63. The molecule has 1 aliphatic carbocycles. The Balaban J connectivity index is 1.71. The quantitative estimate of drug-likeness (QED) is 0.675. The molecule has 1 heterocycles. The Morgan fingerprint density at radius 2 is 1.73 bits per heavy atom. The molecule has 1 aromatic heterocycles. The van der Waals surface area contributed by atoms with E-state index in [0.29, 0.717) is 22.9 Å². The Bertz CT molecular complexity index is 1090. The molecule has 4 rings (SSSR count). The van der Waals surface area contributed by atoms with E-state index in [-0.39, 0.29) is 11.7 Å². The van der Waals surface area contributed by atoms with Gasteiger partial charge in [0.25, 0.3) is 5.91 Å². The van der Waals surface area contributed by atoms with Crippen molar-refractivity contribution in [3.8, 4) is 17.2 Å². The molecule has 0 aliphatic heterocycles. The van der Waals surface area contributed by atoms with Crippen LogP contribution in [0.5, 0.6) is 11.5 Å². The molecule has 1 N–H and O–H groups in total. The van der Waals surface area contributed by atoms with Gasteiger partial charge in [0.05, 0.1) is 19.9 Å². The number of ether oxygens (including phenoxy) is 2. The van der Waals surface area contributed by atoms with Gasteiger partial charge in [-0.3, -0.25) is 4.79 Å². The summed E-state index contributed by atoms with van der Waals surface area (Å²) in [5.74, 6) is 0.564. The maximum absolute atomic E-state index is 13.4. The van der Waals surface area contributed by atoms with E-state index >= 15 is 0 Å². The average Bonchev–Trinajstić information content (AvgIpc) is 3.15. The summed E-state index contributed by atoms with van der Waals surface area (Å²) in [7, 11) is 3.13. The lowest BCUT2D eigenvalue weighted by Crippen LogP contribution is -2.16. The molecule has 7 heteroatoms. The van der Waals surface area contributed by atoms with Crippen LogP contribution in [-0.4, -0.2) is 29.9 Å². The summed E-state index contributed by atoms with van der Waals surface area (Å²) in [5, 5.41) is 7.59. The molecule has 1 amide bonds. The van der Waals surface area contributed by atoms with Crippen molar-refractivity contribution in [3.63, 3.8) is 0 Å². The second-order valence-corrected chi connectivity index (χ2v) is 7.35. The molecule has 6 nitrogen and oxygen atoms in total. The van der Waals surface area contributed by atoms with Gasteiger partial charge in [0.2, 0.25) is 0 Å². The third-order valence-electron chi connectivity index (χ3n) is 5.45. The molecule has 0 saturated heterocycles. The highest BCUT2D eigenvalue weighted by Gasteiger charge is 2.26. The Hall–Kier alpha value is -3.35. The molecule has 156 valence electrons. The molecule has 0 radical (unpaired) electrons. The lowest BCUT2D eigenvalue weighted by Gasteiger charge is -2.15. The standard InChI is InChI=1S/C23H24FN3O3/c1-14-12-20(29-2)21(30-3)13-18(14)25-23(28)22-17-6-4-5-7-19(17)27(26-22)16-10-8-15(24)9-11-16/h8-13H,4-7H2,1-3H3,(H,25,28). The summed E-state index contributed by atoms with van der Waals surface area (Å²) < 4.78 is 25.8. The van der Waals surface area contributed by atoms with Gasteiger partial charge < -0.3 is 14.8 Å². The van der Waals surface area contributed by atoms with Crippen molar-refractivity contribution in [2.24, 2.45) is 0 Å². The fourth-order valence-corrected chi connectivity index (χ4v) is 3.87. The van der Waals surface area contributed by atoms with Gasteiger partial charge in [-0.05, 0) is 68.5 Å². The van der Waals surface area contributed by atoms with E-state index in [0.717, 1.165) is 48.2 Å². The predicted octanol–water partition coefficient (Wildman–Crippen LogP) is 4.47. The van der Waals surface area contributed by atoms with Crippen LogP contribution < -0.4 is 14.8 Å². The lowest BCUT2D eigenvalue weighted by molar-refractivity contribution is 0.102. The number of aromatic nitrogens is 2. The highest BCUT2D eigenvalue weighted by atomic mass is 19.1. The van der Waals surface area contributed by atoms with E-state index in [1.54, 1.807) is 37.1 Å². The van der Waals surface area contributed by atoms with Crippen LogP contribution in [0.2, 0.25) is 0 Å². The SMILES string of the molecule is COc1cc(C)c(NC(=O)c2nn(-c3ccc(F)cc3)c3c2CCCC3)cc1OC. The summed E-state index contributed by atoms with van der Waals surface area (Å²) >= 11 is 0. The van der Waals surface area contributed by atoms with Crippen molar-refractivity contribution in [3.05, 3.63) is 64.7 Å². The normalized spacial score (nSPS) is 12.9. The first-order valence-corrected chi connectivity index (χ1v) is 9.92. The molecule has 30 heavy (non-hydrogen) atoms. The Labute approximate surface area is 174 Å². The number of nitrogens with one attached hydrogen (secondary N) is 1. The van der Waals surface area contributed by atoms with E-state index < -0.39 is 0 Å². The second-order valence-electron chi connectivity index (χ2n) is 7.35. The number of amides is 1. The first-order valence-electron chi connectivity index (χ1n) is 9.92. The summed E-state index contributed by atoms with van der Waals surface area (Å²) in [6.07, 6.45) is 3.68. The number of methoxy groups -OCH3 is 2. The number of halogens is 1. The van der Waals surface area contributed by atoms with Crippen molar-refractivity contribution in [2.45, 2.75) is 32.6 Å². The molecule has 3 aromatic rings. The van der Waals surface area contributed by atoms with E-state index in [9.17, 15) is 9.18 Å². The number of fused-ring (bicyclic) bond motifs is 1. The highest BCUT2D eigenvalue weighted by Crippen LogP contribution is 2.34. The summed E-state index contributed by atoms with van der Waals surface area (Å²) in [6.45, 7) is 1.89. The number of hydrogen-bond donors (Lipinski definition) is 1. The number of rotatable bonds is 5. The molecular weight excluding hydrogens is 385 g/mol.